The predicted molar refractivity (Wildman–Crippen MR) is 73.1 cm³/mol. The van der Waals surface area contributed by atoms with Crippen molar-refractivity contribution in [3.63, 3.8) is 0 Å². The Bertz CT molecular complexity index is 589. The van der Waals surface area contributed by atoms with E-state index in [1.807, 2.05) is 19.9 Å². The van der Waals surface area contributed by atoms with E-state index < -0.39 is 0 Å². The molecule has 2 aromatic rings. The Morgan fingerprint density at radius 1 is 1.24 bits per heavy atom. The molecule has 0 saturated heterocycles. The predicted octanol–water partition coefficient (Wildman–Crippen LogP) is 3.83. The molecule has 0 unspecified atom stereocenters. The molecule has 0 saturated carbocycles. The summed E-state index contributed by atoms with van der Waals surface area (Å²) in [5.74, 6) is -0.0221. The maximum absolute atomic E-state index is 12.2. The standard InChI is InChI=1S/C13H12ClNOS/c1-7-5-8(2)10(15)6-9(7)13(16)11-3-4-12(14)17-11/h3-6H,15H2,1-2H3. The van der Waals surface area contributed by atoms with Gasteiger partial charge in [-0.2, -0.15) is 0 Å². The van der Waals surface area contributed by atoms with Gasteiger partial charge < -0.3 is 5.73 Å². The van der Waals surface area contributed by atoms with Crippen LogP contribution in [0.25, 0.3) is 0 Å². The molecular weight excluding hydrogens is 254 g/mol. The lowest BCUT2D eigenvalue weighted by Crippen LogP contribution is -2.04. The van der Waals surface area contributed by atoms with Gasteiger partial charge in [-0.15, -0.1) is 11.3 Å². The van der Waals surface area contributed by atoms with Crippen molar-refractivity contribution in [3.05, 3.63) is 50.2 Å². The van der Waals surface area contributed by atoms with Crippen LogP contribution in [0.4, 0.5) is 5.69 Å². The third-order valence-electron chi connectivity index (χ3n) is 2.65. The molecule has 0 aliphatic heterocycles. The molecule has 2 N–H and O–H groups in total. The Morgan fingerprint density at radius 2 is 1.94 bits per heavy atom. The summed E-state index contributed by atoms with van der Waals surface area (Å²) in [6, 6.07) is 7.13. The SMILES string of the molecule is Cc1cc(C)c(C(=O)c2ccc(Cl)s2)cc1N. The summed E-state index contributed by atoms with van der Waals surface area (Å²) in [7, 11) is 0. The smallest absolute Gasteiger partial charge is 0.203 e. The minimum Gasteiger partial charge on any atom is -0.398 e. The van der Waals surface area contributed by atoms with Crippen molar-refractivity contribution in [2.45, 2.75) is 13.8 Å². The fourth-order valence-electron chi connectivity index (χ4n) is 1.68. The summed E-state index contributed by atoms with van der Waals surface area (Å²) in [6.07, 6.45) is 0. The van der Waals surface area contributed by atoms with E-state index in [9.17, 15) is 4.79 Å². The molecule has 17 heavy (non-hydrogen) atoms. The average molecular weight is 266 g/mol. The van der Waals surface area contributed by atoms with Crippen molar-refractivity contribution in [1.82, 2.24) is 0 Å². The zero-order valence-corrected chi connectivity index (χ0v) is 11.2. The Balaban J connectivity index is 2.47. The number of benzene rings is 1. The van der Waals surface area contributed by atoms with Crippen LogP contribution >= 0.6 is 22.9 Å². The molecule has 2 nitrogen and oxygen atoms in total. The highest BCUT2D eigenvalue weighted by Crippen LogP contribution is 2.26. The van der Waals surface area contributed by atoms with Crippen molar-refractivity contribution in [1.29, 1.82) is 0 Å². The number of nitrogens with two attached hydrogens (primary N) is 1. The lowest BCUT2D eigenvalue weighted by Gasteiger charge is -2.07. The first-order valence-corrected chi connectivity index (χ1v) is 6.35. The average Bonchev–Trinajstić information content (AvgIpc) is 2.69. The number of hydrogen-bond donors (Lipinski definition) is 1. The Kier molecular flexibility index (Phi) is 3.22. The number of thiophene rings is 1. The number of nitrogen functional groups attached to an aromatic ring is 1. The maximum atomic E-state index is 12.2. The quantitative estimate of drug-likeness (QED) is 0.662. The fraction of sp³-hybridized carbons (Fsp3) is 0.154. The summed E-state index contributed by atoms with van der Waals surface area (Å²) in [5.41, 5.74) is 9.05. The number of anilines is 1. The topological polar surface area (TPSA) is 43.1 Å². The summed E-state index contributed by atoms with van der Waals surface area (Å²) in [6.45, 7) is 3.84. The van der Waals surface area contributed by atoms with Gasteiger partial charge in [-0.1, -0.05) is 17.7 Å². The number of aryl methyl sites for hydroxylation is 2. The summed E-state index contributed by atoms with van der Waals surface area (Å²) < 4.78 is 0.617. The molecule has 1 aromatic heterocycles. The highest BCUT2D eigenvalue weighted by atomic mass is 35.5. The van der Waals surface area contributed by atoms with Gasteiger partial charge in [0.25, 0.3) is 0 Å². The van der Waals surface area contributed by atoms with Crippen molar-refractivity contribution in [3.8, 4) is 0 Å². The maximum Gasteiger partial charge on any atom is 0.203 e. The van der Waals surface area contributed by atoms with Crippen LogP contribution in [-0.4, -0.2) is 5.78 Å². The van der Waals surface area contributed by atoms with Gasteiger partial charge in [-0.3, -0.25) is 4.79 Å². The van der Waals surface area contributed by atoms with E-state index in [0.717, 1.165) is 11.1 Å². The van der Waals surface area contributed by atoms with Crippen LogP contribution in [0, 0.1) is 13.8 Å². The molecule has 4 heteroatoms. The van der Waals surface area contributed by atoms with E-state index in [1.165, 1.54) is 11.3 Å². The van der Waals surface area contributed by atoms with Gasteiger partial charge in [0.05, 0.1) is 9.21 Å². The van der Waals surface area contributed by atoms with Crippen molar-refractivity contribution in [2.75, 3.05) is 5.73 Å². The second-order valence-corrected chi connectivity index (χ2v) is 5.67. The first-order chi connectivity index (χ1) is 7.99. The second-order valence-electron chi connectivity index (χ2n) is 3.96. The molecule has 1 heterocycles. The van der Waals surface area contributed by atoms with E-state index >= 15 is 0 Å². The lowest BCUT2D eigenvalue weighted by atomic mass is 10.00. The van der Waals surface area contributed by atoms with Crippen molar-refractivity contribution in [2.24, 2.45) is 0 Å². The van der Waals surface area contributed by atoms with Crippen LogP contribution in [0.15, 0.2) is 24.3 Å². The van der Waals surface area contributed by atoms with Gasteiger partial charge >= 0.3 is 0 Å². The number of hydrogen-bond acceptors (Lipinski definition) is 3. The molecule has 0 bridgehead atoms. The Hall–Kier alpha value is -1.32. The van der Waals surface area contributed by atoms with Gasteiger partial charge in [0.1, 0.15) is 0 Å². The van der Waals surface area contributed by atoms with Crippen LogP contribution in [0.5, 0.6) is 0 Å². The highest BCUT2D eigenvalue weighted by molar-refractivity contribution is 7.18. The van der Waals surface area contributed by atoms with Crippen LogP contribution in [0.1, 0.15) is 26.4 Å². The molecule has 0 fully saturated rings. The minimum absolute atomic E-state index is 0.0221. The van der Waals surface area contributed by atoms with Crippen molar-refractivity contribution < 1.29 is 4.79 Å². The van der Waals surface area contributed by atoms with Crippen LogP contribution in [-0.2, 0) is 0 Å². The molecule has 2 rings (SSSR count). The molecule has 1 aromatic carbocycles. The summed E-state index contributed by atoms with van der Waals surface area (Å²) in [4.78, 5) is 12.9. The molecule has 88 valence electrons. The molecule has 0 spiro atoms. The number of carbonyl (C=O) groups is 1. The normalized spacial score (nSPS) is 10.5. The second kappa shape index (κ2) is 4.51. The lowest BCUT2D eigenvalue weighted by molar-refractivity contribution is 0.104. The number of carbonyl (C=O) groups excluding carboxylic acids is 1. The van der Waals surface area contributed by atoms with E-state index in [2.05, 4.69) is 0 Å². The molecule has 0 aliphatic carbocycles. The summed E-state index contributed by atoms with van der Waals surface area (Å²) in [5, 5.41) is 0. The Labute approximate surface area is 109 Å². The first-order valence-electron chi connectivity index (χ1n) is 5.16. The Morgan fingerprint density at radius 3 is 2.53 bits per heavy atom. The zero-order chi connectivity index (χ0) is 12.6. The van der Waals surface area contributed by atoms with Crippen LogP contribution < -0.4 is 5.73 Å². The minimum atomic E-state index is -0.0221. The van der Waals surface area contributed by atoms with Gasteiger partial charge in [0, 0.05) is 11.3 Å². The third kappa shape index (κ3) is 2.35. The van der Waals surface area contributed by atoms with E-state index in [1.54, 1.807) is 18.2 Å². The summed E-state index contributed by atoms with van der Waals surface area (Å²) >= 11 is 7.11. The number of rotatable bonds is 2. The third-order valence-corrected chi connectivity index (χ3v) is 3.88. The van der Waals surface area contributed by atoms with Gasteiger partial charge in [-0.25, -0.2) is 0 Å². The molecule has 0 radical (unpaired) electrons. The monoisotopic (exact) mass is 265 g/mol. The van der Waals surface area contributed by atoms with Gasteiger partial charge in [0.15, 0.2) is 0 Å². The van der Waals surface area contributed by atoms with Crippen LogP contribution in [0.3, 0.4) is 0 Å². The van der Waals surface area contributed by atoms with Crippen LogP contribution in [0.2, 0.25) is 4.34 Å². The number of ketones is 1. The van der Waals surface area contributed by atoms with Crippen molar-refractivity contribution >= 4 is 34.4 Å². The zero-order valence-electron chi connectivity index (χ0n) is 9.58. The molecular formula is C13H12ClNOS. The van der Waals surface area contributed by atoms with Gasteiger partial charge in [-0.05, 0) is 43.2 Å². The fourth-order valence-corrected chi connectivity index (χ4v) is 2.68. The van der Waals surface area contributed by atoms with E-state index in [4.69, 9.17) is 17.3 Å². The van der Waals surface area contributed by atoms with E-state index in [0.29, 0.717) is 20.5 Å². The largest absolute Gasteiger partial charge is 0.398 e. The van der Waals surface area contributed by atoms with Gasteiger partial charge in [0.2, 0.25) is 5.78 Å². The molecule has 0 amide bonds. The highest BCUT2D eigenvalue weighted by Gasteiger charge is 2.15. The molecule has 0 aliphatic rings. The molecule has 0 atom stereocenters. The first kappa shape index (κ1) is 12.1. The van der Waals surface area contributed by atoms with E-state index in [-0.39, 0.29) is 5.78 Å². The number of halogens is 1.